The molecule has 3 rings (SSSR count). The van der Waals surface area contributed by atoms with Crippen LogP contribution in [0.5, 0.6) is 10.8 Å². The van der Waals surface area contributed by atoms with Crippen LogP contribution in [0.3, 0.4) is 0 Å². The van der Waals surface area contributed by atoms with E-state index in [2.05, 4.69) is 0 Å². The SMILES string of the molecule is N#Cc1ccc(OOc2cc(=O)n(CCCCCC(=O)OCc3ccccc3)s2)cc1. The lowest BCUT2D eigenvalue weighted by molar-refractivity contribution is -0.145. The Morgan fingerprint density at radius 2 is 1.77 bits per heavy atom. The minimum absolute atomic E-state index is 0.161. The molecule has 0 aliphatic heterocycles. The number of nitrogens with zero attached hydrogens (tertiary/aromatic N) is 2. The number of unbranched alkanes of at least 4 members (excludes halogenated alkanes) is 2. The largest absolute Gasteiger partial charge is 0.461 e. The molecular formula is C23H22N2O5S. The Kier molecular flexibility index (Phi) is 8.26. The summed E-state index contributed by atoms with van der Waals surface area (Å²) in [4.78, 5) is 34.2. The number of aryl methyl sites for hydroxylation is 1. The molecule has 1 aromatic heterocycles. The third kappa shape index (κ3) is 7.32. The van der Waals surface area contributed by atoms with Crippen LogP contribution in [0.1, 0.15) is 36.8 Å². The second-order valence-electron chi connectivity index (χ2n) is 6.75. The number of nitriles is 1. The van der Waals surface area contributed by atoms with Gasteiger partial charge in [0.05, 0.1) is 17.7 Å². The molecule has 0 unspecified atom stereocenters. The van der Waals surface area contributed by atoms with E-state index < -0.39 is 0 Å². The molecule has 2 aromatic carbocycles. The summed E-state index contributed by atoms with van der Waals surface area (Å²) in [5.74, 6) is 0.221. The summed E-state index contributed by atoms with van der Waals surface area (Å²) in [6.07, 6.45) is 2.64. The van der Waals surface area contributed by atoms with Gasteiger partial charge in [-0.15, -0.1) is 0 Å². The van der Waals surface area contributed by atoms with Crippen LogP contribution in [0.15, 0.2) is 65.5 Å². The Labute approximate surface area is 184 Å². The fraction of sp³-hybridized carbons (Fsp3) is 0.261. The first-order valence-electron chi connectivity index (χ1n) is 9.89. The van der Waals surface area contributed by atoms with Crippen LogP contribution in [-0.2, 0) is 22.7 Å². The number of esters is 1. The average Bonchev–Trinajstić information content (AvgIpc) is 3.16. The summed E-state index contributed by atoms with van der Waals surface area (Å²) in [7, 11) is 0. The van der Waals surface area contributed by atoms with Crippen molar-refractivity contribution in [3.63, 3.8) is 0 Å². The first-order chi connectivity index (χ1) is 15.1. The van der Waals surface area contributed by atoms with Crippen LogP contribution >= 0.6 is 11.5 Å². The van der Waals surface area contributed by atoms with Gasteiger partial charge in [-0.05, 0) is 54.2 Å². The van der Waals surface area contributed by atoms with Crippen LogP contribution in [0, 0.1) is 11.3 Å². The highest BCUT2D eigenvalue weighted by molar-refractivity contribution is 7.08. The normalized spacial score (nSPS) is 10.3. The van der Waals surface area contributed by atoms with Crippen LogP contribution in [-0.4, -0.2) is 9.93 Å². The summed E-state index contributed by atoms with van der Waals surface area (Å²) >= 11 is 1.17. The van der Waals surface area contributed by atoms with Crippen LogP contribution in [0.4, 0.5) is 0 Å². The van der Waals surface area contributed by atoms with Crippen molar-refractivity contribution in [1.82, 2.24) is 3.96 Å². The van der Waals surface area contributed by atoms with Crippen molar-refractivity contribution in [2.75, 3.05) is 0 Å². The number of benzene rings is 2. The van der Waals surface area contributed by atoms with Gasteiger partial charge in [0.2, 0.25) is 0 Å². The topological polar surface area (TPSA) is 90.5 Å². The molecule has 0 fully saturated rings. The molecule has 0 saturated carbocycles. The molecule has 0 atom stereocenters. The van der Waals surface area contributed by atoms with Crippen molar-refractivity contribution in [2.24, 2.45) is 0 Å². The highest BCUT2D eigenvalue weighted by Gasteiger charge is 2.08. The number of hydrogen-bond acceptors (Lipinski definition) is 7. The molecule has 0 saturated heterocycles. The Morgan fingerprint density at radius 1 is 1.00 bits per heavy atom. The van der Waals surface area contributed by atoms with Crippen molar-refractivity contribution >= 4 is 17.5 Å². The number of carbonyl (C=O) groups excluding carboxylic acids is 1. The molecule has 1 heterocycles. The first kappa shape index (κ1) is 22.1. The third-order valence-corrected chi connectivity index (χ3v) is 5.32. The molecule has 3 aromatic rings. The highest BCUT2D eigenvalue weighted by atomic mass is 32.1. The first-order valence-corrected chi connectivity index (χ1v) is 10.7. The average molecular weight is 439 g/mol. The van der Waals surface area contributed by atoms with E-state index in [-0.39, 0.29) is 18.1 Å². The molecule has 0 aliphatic carbocycles. The zero-order valence-corrected chi connectivity index (χ0v) is 17.7. The van der Waals surface area contributed by atoms with Crippen molar-refractivity contribution in [2.45, 2.75) is 38.8 Å². The van der Waals surface area contributed by atoms with Gasteiger partial charge in [0.1, 0.15) is 6.61 Å². The van der Waals surface area contributed by atoms with Gasteiger partial charge >= 0.3 is 5.97 Å². The van der Waals surface area contributed by atoms with Crippen molar-refractivity contribution in [3.05, 3.63) is 82.1 Å². The van der Waals surface area contributed by atoms with E-state index in [9.17, 15) is 9.59 Å². The molecule has 0 N–H and O–H groups in total. The highest BCUT2D eigenvalue weighted by Crippen LogP contribution is 2.19. The summed E-state index contributed by atoms with van der Waals surface area (Å²) in [5.41, 5.74) is 1.33. The number of ether oxygens (including phenoxy) is 1. The molecule has 31 heavy (non-hydrogen) atoms. The molecule has 7 nitrogen and oxygen atoms in total. The molecule has 160 valence electrons. The van der Waals surface area contributed by atoms with Crippen LogP contribution in [0.25, 0.3) is 0 Å². The van der Waals surface area contributed by atoms with Gasteiger partial charge in [-0.1, -0.05) is 36.8 Å². The molecule has 0 aliphatic rings. The van der Waals surface area contributed by atoms with Gasteiger partial charge in [-0.3, -0.25) is 23.3 Å². The van der Waals surface area contributed by atoms with Gasteiger partial charge in [-0.25, -0.2) is 0 Å². The lowest BCUT2D eigenvalue weighted by Crippen LogP contribution is -2.11. The van der Waals surface area contributed by atoms with Gasteiger partial charge in [0.15, 0.2) is 5.75 Å². The van der Waals surface area contributed by atoms with E-state index in [4.69, 9.17) is 19.8 Å². The maximum atomic E-state index is 12.1. The minimum atomic E-state index is -0.215. The van der Waals surface area contributed by atoms with Gasteiger partial charge in [0, 0.05) is 13.0 Å². The number of hydrogen-bond donors (Lipinski definition) is 0. The predicted octanol–water partition coefficient (Wildman–Crippen LogP) is 4.46. The van der Waals surface area contributed by atoms with E-state index in [0.717, 1.165) is 18.4 Å². The molecule has 0 bridgehead atoms. The van der Waals surface area contributed by atoms with Crippen molar-refractivity contribution in [3.8, 4) is 16.9 Å². The Morgan fingerprint density at radius 3 is 2.52 bits per heavy atom. The lowest BCUT2D eigenvalue weighted by atomic mass is 10.2. The molecular weight excluding hydrogens is 416 g/mol. The number of rotatable bonds is 11. The molecule has 8 heteroatoms. The quantitative estimate of drug-likeness (QED) is 0.190. The van der Waals surface area contributed by atoms with E-state index in [0.29, 0.717) is 35.8 Å². The minimum Gasteiger partial charge on any atom is -0.461 e. The third-order valence-electron chi connectivity index (χ3n) is 4.38. The molecule has 0 spiro atoms. The Bertz CT molecular complexity index is 1070. The van der Waals surface area contributed by atoms with Crippen molar-refractivity contribution < 1.29 is 19.3 Å². The molecule has 0 amide bonds. The fourth-order valence-electron chi connectivity index (χ4n) is 2.73. The van der Waals surface area contributed by atoms with Crippen LogP contribution < -0.4 is 15.3 Å². The summed E-state index contributed by atoms with van der Waals surface area (Å²) in [5, 5.41) is 9.13. The zero-order valence-electron chi connectivity index (χ0n) is 16.9. The van der Waals surface area contributed by atoms with E-state index >= 15 is 0 Å². The summed E-state index contributed by atoms with van der Waals surface area (Å²) in [6.45, 7) is 0.834. The monoisotopic (exact) mass is 438 g/mol. The maximum Gasteiger partial charge on any atom is 0.306 e. The lowest BCUT2D eigenvalue weighted by Gasteiger charge is -2.05. The predicted molar refractivity (Wildman–Crippen MR) is 116 cm³/mol. The maximum absolute atomic E-state index is 12.1. The van der Waals surface area contributed by atoms with Gasteiger partial charge in [-0.2, -0.15) is 5.26 Å². The standard InChI is InChI=1S/C23H22N2O5S/c24-16-18-10-12-20(13-11-18)29-30-23-15-21(26)25(31-23)14-6-2-5-9-22(27)28-17-19-7-3-1-4-8-19/h1,3-4,7-8,10-13,15H,2,5-6,9,14,17H2. The number of carbonyl (C=O) groups is 1. The second kappa shape index (κ2) is 11.6. The van der Waals surface area contributed by atoms with E-state index in [1.165, 1.54) is 17.6 Å². The Balaban J connectivity index is 1.33. The van der Waals surface area contributed by atoms with Crippen molar-refractivity contribution in [1.29, 1.82) is 5.26 Å². The Hall–Kier alpha value is -3.57. The summed E-state index contributed by atoms with van der Waals surface area (Å²) in [6, 6.07) is 19.4. The van der Waals surface area contributed by atoms with Gasteiger partial charge in [0.25, 0.3) is 10.6 Å². The van der Waals surface area contributed by atoms with E-state index in [1.807, 2.05) is 36.4 Å². The number of aromatic nitrogens is 1. The molecule has 0 radical (unpaired) electrons. The second-order valence-corrected chi connectivity index (χ2v) is 7.78. The smallest absolute Gasteiger partial charge is 0.306 e. The summed E-state index contributed by atoms with van der Waals surface area (Å²) < 4.78 is 6.84. The fourth-order valence-corrected chi connectivity index (χ4v) is 3.53. The van der Waals surface area contributed by atoms with E-state index in [1.54, 1.807) is 28.2 Å². The zero-order chi connectivity index (χ0) is 21.9. The van der Waals surface area contributed by atoms with Gasteiger partial charge < -0.3 is 4.74 Å². The van der Waals surface area contributed by atoms with Crippen LogP contribution in [0.2, 0.25) is 0 Å².